The molecule has 80 valence electrons. The molecule has 6 heteroatoms. The van der Waals surface area contributed by atoms with Gasteiger partial charge in [0, 0.05) is 21.6 Å². The number of halogens is 2. The number of hydrogen-bond donors (Lipinski definition) is 2. The second kappa shape index (κ2) is 4.76. The summed E-state index contributed by atoms with van der Waals surface area (Å²) >= 11 is 10.8. The van der Waals surface area contributed by atoms with Crippen LogP contribution < -0.4 is 4.89 Å². The monoisotopic (exact) mass is 306 g/mol. The Kier molecular flexibility index (Phi) is 3.58. The second-order valence-electron chi connectivity index (χ2n) is 2.85. The molecule has 3 nitrogen and oxygen atoms in total. The smallest absolute Gasteiger partial charge is 0.0583 e. The van der Waals surface area contributed by atoms with Gasteiger partial charge in [0.15, 0.2) is 0 Å². The van der Waals surface area contributed by atoms with Crippen molar-refractivity contribution in [1.29, 1.82) is 0 Å². The van der Waals surface area contributed by atoms with Crippen molar-refractivity contribution >= 4 is 50.4 Å². The Morgan fingerprint density at radius 3 is 3.07 bits per heavy atom. The fourth-order valence-electron chi connectivity index (χ4n) is 1.26. The van der Waals surface area contributed by atoms with Crippen molar-refractivity contribution in [1.82, 2.24) is 9.87 Å². The van der Waals surface area contributed by atoms with E-state index in [1.807, 2.05) is 18.3 Å². The summed E-state index contributed by atoms with van der Waals surface area (Å²) in [5.74, 6) is 0. The van der Waals surface area contributed by atoms with Gasteiger partial charge in [0.25, 0.3) is 0 Å². The second-order valence-corrected chi connectivity index (χ2v) is 4.93. The van der Waals surface area contributed by atoms with Crippen LogP contribution in [0.5, 0.6) is 0 Å². The molecule has 0 spiro atoms. The third-order valence-corrected chi connectivity index (χ3v) is 3.92. The summed E-state index contributed by atoms with van der Waals surface area (Å²) in [6.07, 6.45) is 1.91. The minimum atomic E-state index is 0.695. The van der Waals surface area contributed by atoms with Crippen LogP contribution in [-0.4, -0.2) is 12.1 Å². The van der Waals surface area contributed by atoms with E-state index in [1.54, 1.807) is 7.11 Å². The Morgan fingerprint density at radius 1 is 1.53 bits per heavy atom. The van der Waals surface area contributed by atoms with Crippen molar-refractivity contribution in [3.8, 4) is 0 Å². The lowest BCUT2D eigenvalue weighted by atomic mass is 10.2. The number of aromatic nitrogens is 1. The van der Waals surface area contributed by atoms with Crippen molar-refractivity contribution in [2.45, 2.75) is 4.90 Å². The van der Waals surface area contributed by atoms with Crippen LogP contribution in [0.15, 0.2) is 27.7 Å². The van der Waals surface area contributed by atoms with Crippen molar-refractivity contribution < 1.29 is 4.84 Å². The van der Waals surface area contributed by atoms with E-state index in [4.69, 9.17) is 16.4 Å². The molecule has 0 aliphatic carbocycles. The van der Waals surface area contributed by atoms with Gasteiger partial charge in [-0.3, -0.25) is 4.84 Å². The summed E-state index contributed by atoms with van der Waals surface area (Å²) in [7, 11) is 1.58. The van der Waals surface area contributed by atoms with Crippen LogP contribution in [0.1, 0.15) is 0 Å². The molecule has 0 saturated carbocycles. The van der Waals surface area contributed by atoms with E-state index in [0.717, 1.165) is 20.3 Å². The van der Waals surface area contributed by atoms with Crippen LogP contribution in [0.25, 0.3) is 10.9 Å². The highest BCUT2D eigenvalue weighted by Gasteiger charge is 2.07. The third-order valence-electron chi connectivity index (χ3n) is 1.92. The number of rotatable bonds is 3. The van der Waals surface area contributed by atoms with Crippen LogP contribution in [0.4, 0.5) is 0 Å². The van der Waals surface area contributed by atoms with Gasteiger partial charge < -0.3 is 4.98 Å². The minimum Gasteiger partial charge on any atom is -0.360 e. The molecule has 0 radical (unpaired) electrons. The fraction of sp³-hybridized carbons (Fsp3) is 0.111. The molecule has 0 atom stereocenters. The molecular weight excluding hydrogens is 300 g/mol. The Bertz CT molecular complexity index is 488. The summed E-state index contributed by atoms with van der Waals surface area (Å²) in [5, 5.41) is 1.79. The molecule has 2 N–H and O–H groups in total. The molecular formula is C9H8BrClN2OS. The normalized spacial score (nSPS) is 11.1. The number of fused-ring (bicyclic) bond motifs is 1. The molecule has 1 aromatic carbocycles. The van der Waals surface area contributed by atoms with Gasteiger partial charge in [0.1, 0.15) is 0 Å². The lowest BCUT2D eigenvalue weighted by Gasteiger charge is -2.00. The van der Waals surface area contributed by atoms with Crippen molar-refractivity contribution in [2.24, 2.45) is 0 Å². The molecule has 0 fully saturated rings. The number of aromatic amines is 1. The SMILES string of the molecule is CONSc1c[nH]c2cc(Cl)c(Br)cc12. The van der Waals surface area contributed by atoms with E-state index in [-0.39, 0.29) is 0 Å². The average molecular weight is 308 g/mol. The van der Waals surface area contributed by atoms with E-state index < -0.39 is 0 Å². The van der Waals surface area contributed by atoms with Crippen LogP contribution in [0, 0.1) is 0 Å². The van der Waals surface area contributed by atoms with Crippen molar-refractivity contribution in [3.63, 3.8) is 0 Å². The standard InChI is InChI=1S/C9H8BrClN2OS/c1-14-13-15-9-4-12-8-3-7(11)6(10)2-5(8)9/h2-4,12-13H,1H3. The molecule has 1 heterocycles. The molecule has 1 aromatic heterocycles. The van der Waals surface area contributed by atoms with E-state index in [1.165, 1.54) is 11.9 Å². The highest BCUT2D eigenvalue weighted by molar-refractivity contribution is 9.10. The van der Waals surface area contributed by atoms with Gasteiger partial charge in [-0.15, -0.1) is 4.89 Å². The number of benzene rings is 1. The van der Waals surface area contributed by atoms with Crippen LogP contribution in [-0.2, 0) is 4.84 Å². The van der Waals surface area contributed by atoms with E-state index in [2.05, 4.69) is 25.8 Å². The zero-order valence-corrected chi connectivity index (χ0v) is 11.0. The topological polar surface area (TPSA) is 37.0 Å². The molecule has 15 heavy (non-hydrogen) atoms. The lowest BCUT2D eigenvalue weighted by Crippen LogP contribution is -1.98. The first-order valence-corrected chi connectivity index (χ1v) is 6.12. The first-order chi connectivity index (χ1) is 7.22. The molecule has 0 saturated heterocycles. The van der Waals surface area contributed by atoms with Gasteiger partial charge in [0.2, 0.25) is 0 Å². The molecule has 2 rings (SSSR count). The van der Waals surface area contributed by atoms with Crippen molar-refractivity contribution in [3.05, 3.63) is 27.8 Å². The Balaban J connectivity index is 2.45. The minimum absolute atomic E-state index is 0.695. The summed E-state index contributed by atoms with van der Waals surface area (Å²) < 4.78 is 0.885. The quantitative estimate of drug-likeness (QED) is 0.670. The summed E-state index contributed by atoms with van der Waals surface area (Å²) in [4.78, 5) is 11.7. The molecule has 0 unspecified atom stereocenters. The average Bonchev–Trinajstić information content (AvgIpc) is 2.59. The summed E-state index contributed by atoms with van der Waals surface area (Å²) in [6.45, 7) is 0. The Hall–Kier alpha value is -0.200. The Morgan fingerprint density at radius 2 is 2.33 bits per heavy atom. The largest absolute Gasteiger partial charge is 0.360 e. The van der Waals surface area contributed by atoms with E-state index in [9.17, 15) is 0 Å². The van der Waals surface area contributed by atoms with Crippen molar-refractivity contribution in [2.75, 3.05) is 7.11 Å². The van der Waals surface area contributed by atoms with E-state index >= 15 is 0 Å². The van der Waals surface area contributed by atoms with Gasteiger partial charge >= 0.3 is 0 Å². The van der Waals surface area contributed by atoms with Gasteiger partial charge in [-0.25, -0.2) is 0 Å². The number of H-pyrrole nitrogens is 1. The fourth-order valence-corrected chi connectivity index (χ4v) is 2.34. The lowest BCUT2D eigenvalue weighted by molar-refractivity contribution is 0.163. The number of nitrogens with one attached hydrogen (secondary N) is 2. The Labute approximate surface area is 105 Å². The van der Waals surface area contributed by atoms with E-state index in [0.29, 0.717) is 5.02 Å². The maximum Gasteiger partial charge on any atom is 0.0583 e. The summed E-state index contributed by atoms with van der Waals surface area (Å²) in [6, 6.07) is 3.87. The maximum absolute atomic E-state index is 5.99. The highest BCUT2D eigenvalue weighted by atomic mass is 79.9. The van der Waals surface area contributed by atoms with Gasteiger partial charge in [-0.2, -0.15) is 0 Å². The van der Waals surface area contributed by atoms with Crippen LogP contribution >= 0.6 is 39.5 Å². The zero-order valence-electron chi connectivity index (χ0n) is 7.80. The molecule has 0 bridgehead atoms. The van der Waals surface area contributed by atoms with Gasteiger partial charge in [0.05, 0.1) is 17.0 Å². The molecule has 0 aliphatic heterocycles. The molecule has 2 aromatic rings. The first kappa shape index (κ1) is 11.3. The predicted octanol–water partition coefficient (Wildman–Crippen LogP) is 3.74. The number of hydrogen-bond acceptors (Lipinski definition) is 3. The van der Waals surface area contributed by atoms with Crippen LogP contribution in [0.2, 0.25) is 5.02 Å². The third kappa shape index (κ3) is 2.32. The molecule has 0 aliphatic rings. The molecule has 0 amide bonds. The van der Waals surface area contributed by atoms with Crippen LogP contribution in [0.3, 0.4) is 0 Å². The van der Waals surface area contributed by atoms with Gasteiger partial charge in [-0.05, 0) is 40.0 Å². The highest BCUT2D eigenvalue weighted by Crippen LogP contribution is 2.32. The van der Waals surface area contributed by atoms with Gasteiger partial charge in [-0.1, -0.05) is 11.6 Å². The maximum atomic E-state index is 5.99. The zero-order chi connectivity index (χ0) is 10.8. The summed E-state index contributed by atoms with van der Waals surface area (Å²) in [5.41, 5.74) is 1.00. The first-order valence-electron chi connectivity index (χ1n) is 4.13. The predicted molar refractivity (Wildman–Crippen MR) is 67.0 cm³/mol.